The number of likely N-dealkylation sites (tertiary alicyclic amines) is 1. The maximum absolute atomic E-state index is 13.3. The third kappa shape index (κ3) is 3.57. The number of amides is 1. The highest BCUT2D eigenvalue weighted by Gasteiger charge is 2.37. The highest BCUT2D eigenvalue weighted by atomic mass is 19.1. The number of rotatable bonds is 4. The molecule has 1 heterocycles. The Labute approximate surface area is 120 Å². The second-order valence-corrected chi connectivity index (χ2v) is 6.28. The fourth-order valence-corrected chi connectivity index (χ4v) is 3.51. The number of alkyl halides is 1. The Kier molecular flexibility index (Phi) is 5.13. The Bertz CT molecular complexity index is 369. The molecular weight excluding hydrogens is 259 g/mol. The van der Waals surface area contributed by atoms with Crippen molar-refractivity contribution in [3.8, 4) is 0 Å². The minimum absolute atomic E-state index is 0.0164. The summed E-state index contributed by atoms with van der Waals surface area (Å²) in [6.45, 7) is 1.84. The van der Waals surface area contributed by atoms with Crippen molar-refractivity contribution in [2.45, 2.75) is 63.7 Å². The monoisotopic (exact) mass is 284 g/mol. The number of hydrogen-bond acceptors (Lipinski definition) is 3. The molecule has 1 amide bonds. The first-order chi connectivity index (χ1) is 9.49. The minimum Gasteiger partial charge on any atom is -0.345 e. The molecule has 0 radical (unpaired) electrons. The molecule has 0 aromatic carbocycles. The van der Waals surface area contributed by atoms with Crippen molar-refractivity contribution in [1.82, 2.24) is 10.2 Å². The third-order valence-corrected chi connectivity index (χ3v) is 4.66. The van der Waals surface area contributed by atoms with Crippen LogP contribution in [-0.4, -0.2) is 48.4 Å². The van der Waals surface area contributed by atoms with E-state index < -0.39 is 18.3 Å². The molecule has 2 fully saturated rings. The molecule has 3 atom stereocenters. The maximum Gasteiger partial charge on any atom is 0.238 e. The molecule has 0 aromatic rings. The van der Waals surface area contributed by atoms with Crippen LogP contribution in [0.15, 0.2) is 0 Å². The van der Waals surface area contributed by atoms with Gasteiger partial charge in [-0.15, -0.1) is 0 Å². The summed E-state index contributed by atoms with van der Waals surface area (Å²) >= 11 is 0. The Morgan fingerprint density at radius 1 is 1.25 bits per heavy atom. The second kappa shape index (κ2) is 6.66. The van der Waals surface area contributed by atoms with Crippen LogP contribution in [0.2, 0.25) is 0 Å². The van der Waals surface area contributed by atoms with E-state index in [0.29, 0.717) is 6.54 Å². The van der Waals surface area contributed by atoms with Gasteiger partial charge in [0.15, 0.2) is 5.78 Å². The molecule has 20 heavy (non-hydrogen) atoms. The van der Waals surface area contributed by atoms with Gasteiger partial charge < -0.3 is 5.32 Å². The number of carbonyl (C=O) groups excluding carboxylic acids is 2. The molecule has 2 rings (SSSR count). The topological polar surface area (TPSA) is 49.4 Å². The van der Waals surface area contributed by atoms with E-state index in [9.17, 15) is 14.0 Å². The first-order valence-electron chi connectivity index (χ1n) is 7.64. The lowest BCUT2D eigenvalue weighted by molar-refractivity contribution is -0.131. The van der Waals surface area contributed by atoms with Crippen molar-refractivity contribution in [3.63, 3.8) is 0 Å². The molecular formula is C15H25FN2O2. The van der Waals surface area contributed by atoms with Gasteiger partial charge in [0.2, 0.25) is 5.91 Å². The predicted molar refractivity (Wildman–Crippen MR) is 75.1 cm³/mol. The van der Waals surface area contributed by atoms with Gasteiger partial charge >= 0.3 is 0 Å². The Morgan fingerprint density at radius 3 is 2.40 bits per heavy atom. The van der Waals surface area contributed by atoms with Gasteiger partial charge in [-0.2, -0.15) is 0 Å². The lowest BCUT2D eigenvalue weighted by atomic mass is 9.82. The van der Waals surface area contributed by atoms with E-state index >= 15 is 0 Å². The summed E-state index contributed by atoms with van der Waals surface area (Å²) in [5.74, 6) is 0.0687. The molecule has 0 spiro atoms. The Morgan fingerprint density at radius 2 is 1.90 bits per heavy atom. The molecule has 2 aliphatic rings. The summed E-state index contributed by atoms with van der Waals surface area (Å²) in [4.78, 5) is 25.9. The average Bonchev–Trinajstić information content (AvgIpc) is 2.75. The molecule has 1 N–H and O–H groups in total. The van der Waals surface area contributed by atoms with Crippen LogP contribution in [-0.2, 0) is 9.59 Å². The first-order valence-corrected chi connectivity index (χ1v) is 7.64. The van der Waals surface area contributed by atoms with Crippen molar-refractivity contribution >= 4 is 11.7 Å². The molecule has 0 aromatic heterocycles. The predicted octanol–water partition coefficient (Wildman–Crippen LogP) is 1.68. The van der Waals surface area contributed by atoms with Gasteiger partial charge in [0.05, 0.1) is 12.1 Å². The minimum atomic E-state index is -0.943. The first kappa shape index (κ1) is 15.4. The van der Waals surface area contributed by atoms with Crippen molar-refractivity contribution in [2.75, 3.05) is 13.6 Å². The zero-order valence-corrected chi connectivity index (χ0v) is 12.4. The SMILES string of the molecule is CC(=O)[C@@H](NC(=O)[C@@H]1C[C@@H](F)CN1C)C1CCCCC1. The average molecular weight is 284 g/mol. The summed E-state index contributed by atoms with van der Waals surface area (Å²) in [6, 6.07) is -0.828. The van der Waals surface area contributed by atoms with Gasteiger partial charge in [-0.25, -0.2) is 4.39 Å². The quantitative estimate of drug-likeness (QED) is 0.854. The fourth-order valence-electron chi connectivity index (χ4n) is 3.51. The zero-order chi connectivity index (χ0) is 14.7. The van der Waals surface area contributed by atoms with Crippen LogP contribution in [0.1, 0.15) is 45.4 Å². The summed E-state index contributed by atoms with van der Waals surface area (Å²) in [7, 11) is 1.76. The number of Topliss-reactive ketones (excluding diaryl/α,β-unsaturated/α-hetero) is 1. The van der Waals surface area contributed by atoms with Crippen LogP contribution in [0, 0.1) is 5.92 Å². The van der Waals surface area contributed by atoms with Crippen molar-refractivity contribution in [2.24, 2.45) is 5.92 Å². The van der Waals surface area contributed by atoms with Crippen molar-refractivity contribution in [3.05, 3.63) is 0 Å². The Hall–Kier alpha value is -0.970. The molecule has 0 bridgehead atoms. The second-order valence-electron chi connectivity index (χ2n) is 6.28. The van der Waals surface area contributed by atoms with E-state index in [2.05, 4.69) is 5.32 Å². The number of halogens is 1. The lowest BCUT2D eigenvalue weighted by Gasteiger charge is -2.30. The molecule has 0 unspecified atom stereocenters. The van der Waals surface area contributed by atoms with E-state index in [1.54, 1.807) is 11.9 Å². The molecule has 5 heteroatoms. The van der Waals surface area contributed by atoms with Crippen LogP contribution < -0.4 is 5.32 Å². The summed E-state index contributed by atoms with van der Waals surface area (Å²) in [5, 5.41) is 2.88. The normalized spacial score (nSPS) is 30.1. The van der Waals surface area contributed by atoms with E-state index in [1.165, 1.54) is 13.3 Å². The van der Waals surface area contributed by atoms with Crippen LogP contribution in [0.25, 0.3) is 0 Å². The number of nitrogens with zero attached hydrogens (tertiary/aromatic N) is 1. The molecule has 1 aliphatic heterocycles. The van der Waals surface area contributed by atoms with Crippen LogP contribution in [0.4, 0.5) is 4.39 Å². The number of hydrogen-bond donors (Lipinski definition) is 1. The standard InChI is InChI=1S/C15H25FN2O2/c1-10(19)14(11-6-4-3-5-7-11)17-15(20)13-8-12(16)9-18(13)2/h11-14H,3-9H2,1-2H3,(H,17,20)/t12-,13+,14-/m1/s1. The van der Waals surface area contributed by atoms with Crippen LogP contribution in [0.5, 0.6) is 0 Å². The van der Waals surface area contributed by atoms with E-state index in [4.69, 9.17) is 0 Å². The van der Waals surface area contributed by atoms with Gasteiger partial charge in [0.1, 0.15) is 6.17 Å². The van der Waals surface area contributed by atoms with Gasteiger partial charge in [-0.3, -0.25) is 14.5 Å². The van der Waals surface area contributed by atoms with Gasteiger partial charge in [0, 0.05) is 13.0 Å². The number of carbonyl (C=O) groups is 2. The zero-order valence-electron chi connectivity index (χ0n) is 12.4. The number of nitrogens with one attached hydrogen (secondary N) is 1. The number of ketones is 1. The van der Waals surface area contributed by atoms with Crippen LogP contribution >= 0.6 is 0 Å². The summed E-state index contributed by atoms with van der Waals surface area (Å²) in [6.07, 6.45) is 4.75. The van der Waals surface area contributed by atoms with Gasteiger partial charge in [-0.1, -0.05) is 19.3 Å². The van der Waals surface area contributed by atoms with Crippen molar-refractivity contribution < 1.29 is 14.0 Å². The van der Waals surface area contributed by atoms with Gasteiger partial charge in [0.25, 0.3) is 0 Å². The Balaban J connectivity index is 1.97. The molecule has 4 nitrogen and oxygen atoms in total. The molecule has 1 saturated heterocycles. The molecule has 1 aliphatic carbocycles. The largest absolute Gasteiger partial charge is 0.345 e. The van der Waals surface area contributed by atoms with Crippen LogP contribution in [0.3, 0.4) is 0 Å². The lowest BCUT2D eigenvalue weighted by Crippen LogP contribution is -2.51. The smallest absolute Gasteiger partial charge is 0.238 e. The summed E-state index contributed by atoms with van der Waals surface area (Å²) in [5.41, 5.74) is 0. The van der Waals surface area contributed by atoms with E-state index in [-0.39, 0.29) is 24.0 Å². The maximum atomic E-state index is 13.3. The summed E-state index contributed by atoms with van der Waals surface area (Å²) < 4.78 is 13.3. The highest BCUT2D eigenvalue weighted by Crippen LogP contribution is 2.27. The van der Waals surface area contributed by atoms with Gasteiger partial charge in [-0.05, 0) is 32.7 Å². The fraction of sp³-hybridized carbons (Fsp3) is 0.867. The highest BCUT2D eigenvalue weighted by molar-refractivity contribution is 5.90. The van der Waals surface area contributed by atoms with E-state index in [1.807, 2.05) is 0 Å². The number of likely N-dealkylation sites (N-methyl/N-ethyl adjacent to an activating group) is 1. The van der Waals surface area contributed by atoms with E-state index in [0.717, 1.165) is 25.7 Å². The molecule has 114 valence electrons. The van der Waals surface area contributed by atoms with Crippen molar-refractivity contribution in [1.29, 1.82) is 0 Å². The third-order valence-electron chi connectivity index (χ3n) is 4.66. The molecule has 1 saturated carbocycles.